The van der Waals surface area contributed by atoms with Crippen LogP contribution >= 0.6 is 23.1 Å². The van der Waals surface area contributed by atoms with Crippen LogP contribution in [0.3, 0.4) is 0 Å². The number of carbonyl (C=O) groups excluding carboxylic acids is 1. The minimum Gasteiger partial charge on any atom is -0.350 e. The van der Waals surface area contributed by atoms with Crippen molar-refractivity contribution in [3.05, 3.63) is 41.0 Å². The lowest BCUT2D eigenvalue weighted by molar-refractivity contribution is -0.115. The largest absolute Gasteiger partial charge is 0.350 e. The zero-order valence-electron chi connectivity index (χ0n) is 18.0. The Balaban J connectivity index is 1.23. The van der Waals surface area contributed by atoms with Gasteiger partial charge in [-0.15, -0.1) is 10.2 Å². The topological polar surface area (TPSA) is 87.4 Å². The molecule has 0 bridgehead atoms. The number of anilines is 1. The number of benzene rings is 1. The predicted molar refractivity (Wildman–Crippen MR) is 128 cm³/mol. The van der Waals surface area contributed by atoms with Gasteiger partial charge in [-0.3, -0.25) is 15.1 Å². The summed E-state index contributed by atoms with van der Waals surface area (Å²) < 4.78 is 2.05. The van der Waals surface area contributed by atoms with E-state index in [1.807, 2.05) is 55.1 Å². The van der Waals surface area contributed by atoms with Crippen LogP contribution in [0.2, 0.25) is 0 Å². The van der Waals surface area contributed by atoms with Crippen LogP contribution in [-0.2, 0) is 24.7 Å². The van der Waals surface area contributed by atoms with Crippen molar-refractivity contribution in [2.45, 2.75) is 37.6 Å². The van der Waals surface area contributed by atoms with Gasteiger partial charge in [0.15, 0.2) is 0 Å². The summed E-state index contributed by atoms with van der Waals surface area (Å²) in [4.78, 5) is 12.5. The Hall–Kier alpha value is -2.43. The molecule has 0 radical (unpaired) electrons. The fraction of sp³-hybridized carbons (Fsp3) is 0.429. The Morgan fingerprint density at radius 2 is 1.97 bits per heavy atom. The van der Waals surface area contributed by atoms with Crippen LogP contribution < -0.4 is 10.6 Å². The quantitative estimate of drug-likeness (QED) is 0.479. The third kappa shape index (κ3) is 5.25. The lowest BCUT2D eigenvalue weighted by Gasteiger charge is -2.15. The number of unbranched alkanes of at least 4 members (excludes halogenated alkanes) is 1. The van der Waals surface area contributed by atoms with Crippen molar-refractivity contribution < 1.29 is 4.79 Å². The van der Waals surface area contributed by atoms with E-state index in [0.717, 1.165) is 47.2 Å². The molecule has 8 nitrogen and oxygen atoms in total. The highest BCUT2D eigenvalue weighted by Crippen LogP contribution is 2.26. The molecule has 1 atom stereocenters. The van der Waals surface area contributed by atoms with Gasteiger partial charge in [0.25, 0.3) is 0 Å². The zero-order valence-corrected chi connectivity index (χ0v) is 19.6. The number of hydrazone groups is 1. The molecule has 2 aromatic heterocycles. The molecule has 3 aromatic rings. The highest BCUT2D eigenvalue weighted by molar-refractivity contribution is 8.14. The number of para-hydroxylation sites is 1. The maximum absolute atomic E-state index is 12.5. The minimum absolute atomic E-state index is 0.0708. The van der Waals surface area contributed by atoms with Crippen LogP contribution in [-0.4, -0.2) is 50.3 Å². The maximum Gasteiger partial charge on any atom is 0.230 e. The van der Waals surface area contributed by atoms with Crippen molar-refractivity contribution in [3.63, 3.8) is 0 Å². The monoisotopic (exact) mass is 457 g/mol. The first-order valence-corrected chi connectivity index (χ1v) is 12.0. The molecular formula is C21H27N7OS2. The van der Waals surface area contributed by atoms with E-state index in [2.05, 4.69) is 32.0 Å². The molecule has 4 rings (SSSR count). The molecule has 1 aliphatic heterocycles. The van der Waals surface area contributed by atoms with Gasteiger partial charge in [0.05, 0.1) is 11.5 Å². The number of nitrogens with zero attached hydrogens (tertiary/aromatic N) is 5. The van der Waals surface area contributed by atoms with Gasteiger partial charge in [0.1, 0.15) is 10.5 Å². The van der Waals surface area contributed by atoms with Crippen LogP contribution in [0.25, 0.3) is 10.9 Å². The van der Waals surface area contributed by atoms with Crippen LogP contribution in [0.4, 0.5) is 5.13 Å². The number of aromatic nitrogens is 3. The molecule has 0 saturated heterocycles. The van der Waals surface area contributed by atoms with Crippen molar-refractivity contribution in [1.82, 2.24) is 25.1 Å². The smallest absolute Gasteiger partial charge is 0.230 e. The molecule has 3 heterocycles. The Kier molecular flexibility index (Phi) is 6.89. The van der Waals surface area contributed by atoms with E-state index in [-0.39, 0.29) is 11.4 Å². The van der Waals surface area contributed by atoms with Gasteiger partial charge in [-0.25, -0.2) is 0 Å². The number of fused-ring (bicyclic) bond motifs is 1. The van der Waals surface area contributed by atoms with Gasteiger partial charge in [0.2, 0.25) is 11.0 Å². The molecule has 164 valence electrons. The van der Waals surface area contributed by atoms with E-state index in [0.29, 0.717) is 11.6 Å². The summed E-state index contributed by atoms with van der Waals surface area (Å²) >= 11 is 3.22. The van der Waals surface area contributed by atoms with Crippen LogP contribution in [0.5, 0.6) is 0 Å². The predicted octanol–water partition coefficient (Wildman–Crippen LogP) is 3.42. The molecule has 0 spiro atoms. The maximum atomic E-state index is 12.5. The third-order valence-electron chi connectivity index (χ3n) is 5.18. The molecule has 0 fully saturated rings. The third-order valence-corrected chi connectivity index (χ3v) is 7.40. The van der Waals surface area contributed by atoms with Crippen molar-refractivity contribution in [2.24, 2.45) is 12.1 Å². The van der Waals surface area contributed by atoms with Crippen LogP contribution in [0.1, 0.15) is 29.8 Å². The molecular weight excluding hydrogens is 430 g/mol. The van der Waals surface area contributed by atoms with Gasteiger partial charge in [-0.2, -0.15) is 5.10 Å². The molecule has 31 heavy (non-hydrogen) atoms. The molecule has 0 aliphatic carbocycles. The van der Waals surface area contributed by atoms with E-state index in [1.54, 1.807) is 11.8 Å². The second kappa shape index (κ2) is 9.80. The van der Waals surface area contributed by atoms with Crippen molar-refractivity contribution in [2.75, 3.05) is 19.4 Å². The van der Waals surface area contributed by atoms with E-state index in [4.69, 9.17) is 0 Å². The molecule has 0 saturated carbocycles. The second-order valence-corrected chi connectivity index (χ2v) is 9.76. The highest BCUT2D eigenvalue weighted by atomic mass is 32.2. The normalized spacial score (nSPS) is 16.2. The number of hydrogen-bond acceptors (Lipinski definition) is 8. The average Bonchev–Trinajstić information content (AvgIpc) is 3.44. The summed E-state index contributed by atoms with van der Waals surface area (Å²) in [5, 5.41) is 24.8. The first-order chi connectivity index (χ1) is 15.0. The summed E-state index contributed by atoms with van der Waals surface area (Å²) in [5.74, 6) is -0.0708. The molecule has 1 aliphatic rings. The van der Waals surface area contributed by atoms with Crippen LogP contribution in [0.15, 0.2) is 35.6 Å². The highest BCUT2D eigenvalue weighted by Gasteiger charge is 2.22. The van der Waals surface area contributed by atoms with Gasteiger partial charge in [-0.1, -0.05) is 41.3 Å². The number of thioether (sulfide) groups is 1. The average molecular weight is 458 g/mol. The van der Waals surface area contributed by atoms with Crippen LogP contribution in [0, 0.1) is 0 Å². The first kappa shape index (κ1) is 21.8. The van der Waals surface area contributed by atoms with Gasteiger partial charge in [0, 0.05) is 37.6 Å². The Morgan fingerprint density at radius 1 is 1.16 bits per heavy atom. The Bertz CT molecular complexity index is 1090. The number of hydrogen-bond donors (Lipinski definition) is 2. The molecule has 2 N–H and O–H groups in total. The molecule has 1 amide bonds. The fourth-order valence-corrected chi connectivity index (χ4v) is 5.48. The van der Waals surface area contributed by atoms with Crippen molar-refractivity contribution in [1.29, 1.82) is 0 Å². The van der Waals surface area contributed by atoms with Gasteiger partial charge in [-0.05, 0) is 37.9 Å². The molecule has 10 heteroatoms. The zero-order chi connectivity index (χ0) is 21.8. The van der Waals surface area contributed by atoms with Gasteiger partial charge < -0.3 is 9.88 Å². The second-order valence-electron chi connectivity index (χ2n) is 7.54. The Morgan fingerprint density at radius 3 is 2.77 bits per heavy atom. The summed E-state index contributed by atoms with van der Waals surface area (Å²) in [7, 11) is 5.93. The van der Waals surface area contributed by atoms with E-state index >= 15 is 0 Å². The van der Waals surface area contributed by atoms with E-state index < -0.39 is 0 Å². The Labute approximate surface area is 190 Å². The summed E-state index contributed by atoms with van der Waals surface area (Å²) in [6.45, 7) is 0. The summed E-state index contributed by atoms with van der Waals surface area (Å²) in [6.07, 6.45) is 6.24. The minimum atomic E-state index is -0.0708. The fourth-order valence-electron chi connectivity index (χ4n) is 3.67. The number of carbonyl (C=O) groups is 1. The molecule has 1 aromatic carbocycles. The number of nitrogens with one attached hydrogen (secondary N) is 2. The standard InChI is InChI=1S/C21H27N7OS2/c1-22-21-28(3)26-19(31-21)11-7-6-10-18-24-25-20(30-18)23-17(29)12-14-13-27(2)16-9-5-4-8-15(14)16/h4-5,8-9,13,21-22H,6-7,10-12H2,1-3H3,(H,23,25,29). The van der Waals surface area contributed by atoms with E-state index in [1.165, 1.54) is 16.4 Å². The molecule has 1 unspecified atom stereocenters. The number of amides is 1. The number of rotatable bonds is 9. The number of aryl methyl sites for hydroxylation is 2. The van der Waals surface area contributed by atoms with Crippen molar-refractivity contribution in [3.8, 4) is 0 Å². The summed E-state index contributed by atoms with van der Waals surface area (Å²) in [6, 6.07) is 8.11. The van der Waals surface area contributed by atoms with Gasteiger partial charge >= 0.3 is 0 Å². The SMILES string of the molecule is CNC1SC(CCCCc2nnc(NC(=O)Cc3cn(C)c4ccccc34)s2)=NN1C. The summed E-state index contributed by atoms with van der Waals surface area (Å²) in [5.41, 5.74) is 2.37. The first-order valence-electron chi connectivity index (χ1n) is 10.3. The lowest BCUT2D eigenvalue weighted by atomic mass is 10.1. The van der Waals surface area contributed by atoms with E-state index in [9.17, 15) is 4.79 Å². The lowest BCUT2D eigenvalue weighted by Crippen LogP contribution is -2.32. The van der Waals surface area contributed by atoms with Crippen molar-refractivity contribution >= 4 is 50.1 Å².